The van der Waals surface area contributed by atoms with Crippen LogP contribution in [0.1, 0.15) is 0 Å². The normalized spacial score (nSPS) is 12.1. The van der Waals surface area contributed by atoms with Crippen molar-refractivity contribution in [2.75, 3.05) is 0 Å². The van der Waals surface area contributed by atoms with E-state index >= 15 is 0 Å². The van der Waals surface area contributed by atoms with E-state index in [4.69, 9.17) is 13.3 Å². The van der Waals surface area contributed by atoms with Gasteiger partial charge in [-0.3, -0.25) is 0 Å². The van der Waals surface area contributed by atoms with E-state index in [1.807, 2.05) is 0 Å². The first-order valence-corrected chi connectivity index (χ1v) is 27.0. The Bertz CT molecular complexity index is 5250. The van der Waals surface area contributed by atoms with Gasteiger partial charge in [-0.15, -0.1) is 0 Å². The molecule has 0 aliphatic carbocycles. The van der Waals surface area contributed by atoms with Gasteiger partial charge in [0.25, 0.3) is 0 Å². The first-order valence-electron chi connectivity index (χ1n) is 27.0. The molecule has 17 rings (SSSR count). The quantitative estimate of drug-likeness (QED) is 0.156. The van der Waals surface area contributed by atoms with Crippen molar-refractivity contribution < 1.29 is 13.3 Å². The highest BCUT2D eigenvalue weighted by molar-refractivity contribution is 6.26. The average Bonchev–Trinajstić information content (AvgIpc) is 4.42. The van der Waals surface area contributed by atoms with E-state index < -0.39 is 0 Å². The summed E-state index contributed by atoms with van der Waals surface area (Å²) in [5, 5.41) is 16.1. The first-order chi connectivity index (χ1) is 39.2. The number of para-hydroxylation sites is 1. The van der Waals surface area contributed by atoms with Gasteiger partial charge in [-0.25, -0.2) is 0 Å². The zero-order valence-electron chi connectivity index (χ0n) is 42.6. The van der Waals surface area contributed by atoms with Crippen LogP contribution in [0, 0.1) is 0 Å². The molecule has 366 valence electrons. The molecule has 3 heterocycles. The Kier molecular flexibility index (Phi) is 9.42. The summed E-state index contributed by atoms with van der Waals surface area (Å²) in [7, 11) is 0. The second-order valence-corrected chi connectivity index (χ2v) is 21.0. The Morgan fingerprint density at radius 1 is 0.165 bits per heavy atom. The van der Waals surface area contributed by atoms with Gasteiger partial charge in [0.2, 0.25) is 0 Å². The Morgan fingerprint density at radius 3 is 0.810 bits per heavy atom. The van der Waals surface area contributed by atoms with Gasteiger partial charge < -0.3 is 13.3 Å². The predicted molar refractivity (Wildman–Crippen MR) is 331 cm³/mol. The third-order valence-electron chi connectivity index (χ3n) is 16.6. The van der Waals surface area contributed by atoms with Crippen LogP contribution in [-0.4, -0.2) is 0 Å². The molecule has 0 spiro atoms. The highest BCUT2D eigenvalue weighted by atomic mass is 16.3. The summed E-state index contributed by atoms with van der Waals surface area (Å²) in [5.74, 6) is 0. The predicted octanol–water partition coefficient (Wildman–Crippen LogP) is 22.0. The van der Waals surface area contributed by atoms with Crippen LogP contribution >= 0.6 is 0 Å². The molecule has 3 aromatic heterocycles. The molecular formula is C76H44O3. The lowest BCUT2D eigenvalue weighted by molar-refractivity contribution is 0.668. The third-order valence-corrected chi connectivity index (χ3v) is 16.6. The number of hydrogen-bond acceptors (Lipinski definition) is 3. The molecule has 0 aliphatic rings. The molecule has 0 radical (unpaired) electrons. The summed E-state index contributed by atoms with van der Waals surface area (Å²) in [6.45, 7) is 0. The number of rotatable bonds is 6. The molecule has 0 bridgehead atoms. The van der Waals surface area contributed by atoms with Gasteiger partial charge in [-0.2, -0.15) is 0 Å². The van der Waals surface area contributed by atoms with Crippen LogP contribution in [0.4, 0.5) is 0 Å². The van der Waals surface area contributed by atoms with Crippen LogP contribution < -0.4 is 0 Å². The molecule has 0 N–H and O–H groups in total. The summed E-state index contributed by atoms with van der Waals surface area (Å²) in [4.78, 5) is 0. The molecule has 0 unspecified atom stereocenters. The van der Waals surface area contributed by atoms with Crippen LogP contribution in [0.25, 0.3) is 176 Å². The maximum Gasteiger partial charge on any atom is 0.143 e. The molecule has 14 aromatic carbocycles. The minimum Gasteiger partial charge on any atom is -0.456 e. The minimum absolute atomic E-state index is 0.855. The van der Waals surface area contributed by atoms with Crippen LogP contribution in [0.15, 0.2) is 280 Å². The summed E-state index contributed by atoms with van der Waals surface area (Å²) in [5.41, 5.74) is 19.3. The van der Waals surface area contributed by atoms with Crippen LogP contribution in [0.2, 0.25) is 0 Å². The van der Waals surface area contributed by atoms with Gasteiger partial charge in [0.15, 0.2) is 0 Å². The Balaban J connectivity index is 0.823. The topological polar surface area (TPSA) is 39.4 Å². The SMILES string of the molecule is c1ccc(-c2ccc3oc4ccc(-c5c6ccccc6c(-c6ccc7oc8c(-c9c%10ccccc%10c(-c%10ccc%11oc%12ccc(-c%13ccccc%13)cc%12c%11c%10)c%10ccccc9%10)cccc8c7c6)c6ccccc56)cc4c3c2)cc1. The lowest BCUT2D eigenvalue weighted by atomic mass is 9.85. The molecule has 0 amide bonds. The van der Waals surface area contributed by atoms with E-state index in [1.54, 1.807) is 0 Å². The van der Waals surface area contributed by atoms with E-state index in [1.165, 1.54) is 82.0 Å². The summed E-state index contributed by atoms with van der Waals surface area (Å²) in [6.07, 6.45) is 0. The fourth-order valence-corrected chi connectivity index (χ4v) is 13.1. The number of fused-ring (bicyclic) bond motifs is 13. The summed E-state index contributed by atoms with van der Waals surface area (Å²) < 4.78 is 20.0. The number of benzene rings is 14. The minimum atomic E-state index is 0.855. The Hall–Kier alpha value is -10.5. The van der Waals surface area contributed by atoms with Gasteiger partial charge in [-0.1, -0.05) is 206 Å². The van der Waals surface area contributed by atoms with Crippen molar-refractivity contribution in [3.63, 3.8) is 0 Å². The molecule has 0 fully saturated rings. The van der Waals surface area contributed by atoms with E-state index in [2.05, 4.69) is 267 Å². The first kappa shape index (κ1) is 43.7. The largest absolute Gasteiger partial charge is 0.456 e. The van der Waals surface area contributed by atoms with E-state index in [-0.39, 0.29) is 0 Å². The number of hydrogen-bond donors (Lipinski definition) is 0. The second-order valence-electron chi connectivity index (χ2n) is 21.0. The van der Waals surface area contributed by atoms with Crippen molar-refractivity contribution in [1.82, 2.24) is 0 Å². The maximum atomic E-state index is 7.09. The molecular weight excluding hydrogens is 961 g/mol. The van der Waals surface area contributed by atoms with Crippen molar-refractivity contribution in [3.05, 3.63) is 267 Å². The van der Waals surface area contributed by atoms with Gasteiger partial charge in [-0.05, 0) is 159 Å². The van der Waals surface area contributed by atoms with Gasteiger partial charge in [0.1, 0.15) is 33.5 Å². The smallest absolute Gasteiger partial charge is 0.143 e. The van der Waals surface area contributed by atoms with Gasteiger partial charge >= 0.3 is 0 Å². The monoisotopic (exact) mass is 1000 g/mol. The Labute approximate surface area is 453 Å². The maximum absolute atomic E-state index is 7.09. The lowest BCUT2D eigenvalue weighted by Gasteiger charge is -2.18. The molecule has 0 saturated carbocycles. The van der Waals surface area contributed by atoms with E-state index in [0.717, 1.165) is 93.6 Å². The highest BCUT2D eigenvalue weighted by Gasteiger charge is 2.23. The summed E-state index contributed by atoms with van der Waals surface area (Å²) >= 11 is 0. The molecule has 79 heavy (non-hydrogen) atoms. The molecule has 17 aromatic rings. The highest BCUT2D eigenvalue weighted by Crippen LogP contribution is 2.50. The third kappa shape index (κ3) is 6.67. The van der Waals surface area contributed by atoms with Crippen molar-refractivity contribution in [2.24, 2.45) is 0 Å². The van der Waals surface area contributed by atoms with Crippen LogP contribution in [-0.2, 0) is 0 Å². The van der Waals surface area contributed by atoms with E-state index in [0.29, 0.717) is 0 Å². The Morgan fingerprint density at radius 2 is 0.443 bits per heavy atom. The molecule has 3 nitrogen and oxygen atoms in total. The van der Waals surface area contributed by atoms with Crippen molar-refractivity contribution in [1.29, 1.82) is 0 Å². The fraction of sp³-hybridized carbons (Fsp3) is 0. The molecule has 0 atom stereocenters. The zero-order valence-corrected chi connectivity index (χ0v) is 42.6. The van der Waals surface area contributed by atoms with Crippen molar-refractivity contribution in [2.45, 2.75) is 0 Å². The number of furan rings is 3. The van der Waals surface area contributed by atoms with Gasteiger partial charge in [0.05, 0.1) is 0 Å². The zero-order chi connectivity index (χ0) is 51.7. The molecule has 3 heteroatoms. The molecule has 0 aliphatic heterocycles. The average molecular weight is 1010 g/mol. The molecule has 0 saturated heterocycles. The second kappa shape index (κ2) is 17.0. The standard InChI is InChI=1S/C76H44O3/c1-3-16-45(17-4-1)47-30-35-67-63(40-47)65-43-50(32-37-69(65)77-67)73-54-22-9-7-20-52(54)72(53-21-8-10-23-55(53)73)49-34-39-71-62(42-49)60-28-15-29-61(76(60)79-71)75-58-26-13-11-24-56(58)74(57-25-12-14-27-59(57)75)51-33-38-70-66(44-51)64-41-48(31-36-68(64)78-70)46-18-5-2-6-19-46/h1-44H. The van der Waals surface area contributed by atoms with E-state index in [9.17, 15) is 0 Å². The van der Waals surface area contributed by atoms with Gasteiger partial charge in [0, 0.05) is 43.4 Å². The van der Waals surface area contributed by atoms with Crippen molar-refractivity contribution >= 4 is 109 Å². The fourth-order valence-electron chi connectivity index (χ4n) is 13.1. The van der Waals surface area contributed by atoms with Crippen LogP contribution in [0.3, 0.4) is 0 Å². The van der Waals surface area contributed by atoms with Crippen molar-refractivity contribution in [3.8, 4) is 66.8 Å². The lowest BCUT2D eigenvalue weighted by Crippen LogP contribution is -1.91. The summed E-state index contributed by atoms with van der Waals surface area (Å²) in [6, 6.07) is 96.5. The van der Waals surface area contributed by atoms with Crippen LogP contribution in [0.5, 0.6) is 0 Å².